The Morgan fingerprint density at radius 2 is 2.39 bits per heavy atom. The monoisotopic (exact) mass is 346 g/mol. The number of ether oxygens (including phenoxy) is 1. The van der Waals surface area contributed by atoms with Crippen molar-refractivity contribution in [2.24, 2.45) is 0 Å². The molecule has 1 aromatic rings. The van der Waals surface area contributed by atoms with Crippen LogP contribution in [0.1, 0.15) is 11.3 Å². The average molecular weight is 346 g/mol. The molecule has 2 aliphatic rings. The Morgan fingerprint density at radius 1 is 1.57 bits per heavy atom. The molecule has 0 saturated carbocycles. The van der Waals surface area contributed by atoms with Crippen LogP contribution in [-0.4, -0.2) is 66.3 Å². The summed E-state index contributed by atoms with van der Waals surface area (Å²) in [6, 6.07) is 3.26. The van der Waals surface area contributed by atoms with Gasteiger partial charge in [-0.05, 0) is 11.4 Å². The van der Waals surface area contributed by atoms with Crippen molar-refractivity contribution in [1.29, 1.82) is 0 Å². The lowest BCUT2D eigenvalue weighted by Crippen LogP contribution is -2.47. The first-order chi connectivity index (χ1) is 10.9. The van der Waals surface area contributed by atoms with E-state index in [-0.39, 0.29) is 38.4 Å². The normalized spacial score (nSPS) is 30.7. The number of nitrogens with zero attached hydrogens (tertiary/aromatic N) is 1. The number of aliphatic hydroxyl groups is 1. The molecule has 3 heterocycles. The predicted molar refractivity (Wildman–Crippen MR) is 81.7 cm³/mol. The van der Waals surface area contributed by atoms with Crippen LogP contribution >= 0.6 is 11.3 Å². The molecule has 0 bridgehead atoms. The van der Waals surface area contributed by atoms with Gasteiger partial charge in [-0.3, -0.25) is 9.69 Å². The molecule has 1 amide bonds. The van der Waals surface area contributed by atoms with Gasteiger partial charge in [-0.25, -0.2) is 8.78 Å². The van der Waals surface area contributed by atoms with Crippen molar-refractivity contribution in [3.05, 3.63) is 22.4 Å². The Hall–Kier alpha value is -1.09. The number of amides is 1. The maximum Gasteiger partial charge on any atom is 0.261 e. The molecule has 128 valence electrons. The fourth-order valence-corrected chi connectivity index (χ4v) is 3.72. The second kappa shape index (κ2) is 6.80. The lowest BCUT2D eigenvalue weighted by Gasteiger charge is -2.23. The van der Waals surface area contributed by atoms with E-state index < -0.39 is 24.2 Å². The number of likely N-dealkylation sites (tertiary alicyclic amines) is 1. The van der Waals surface area contributed by atoms with Crippen LogP contribution in [0, 0.1) is 0 Å². The van der Waals surface area contributed by atoms with E-state index >= 15 is 0 Å². The number of carbonyl (C=O) groups excluding carboxylic acids is 1. The zero-order valence-corrected chi connectivity index (χ0v) is 13.4. The molecule has 2 saturated heterocycles. The summed E-state index contributed by atoms with van der Waals surface area (Å²) in [6.45, 7) is 0.463. The van der Waals surface area contributed by atoms with Gasteiger partial charge in [0.25, 0.3) is 5.92 Å². The van der Waals surface area contributed by atoms with E-state index in [1.807, 2.05) is 17.5 Å². The molecule has 0 aromatic carbocycles. The van der Waals surface area contributed by atoms with E-state index in [0.29, 0.717) is 6.54 Å². The number of aliphatic hydroxyl groups excluding tert-OH is 1. The van der Waals surface area contributed by atoms with E-state index in [4.69, 9.17) is 4.74 Å². The van der Waals surface area contributed by atoms with Crippen molar-refractivity contribution in [2.45, 2.75) is 37.0 Å². The largest absolute Gasteiger partial charge is 0.388 e. The van der Waals surface area contributed by atoms with Gasteiger partial charge in [-0.15, -0.1) is 11.3 Å². The number of hydrogen-bond acceptors (Lipinski definition) is 5. The molecule has 2 fully saturated rings. The predicted octanol–water partition coefficient (Wildman–Crippen LogP) is 0.876. The second-order valence-electron chi connectivity index (χ2n) is 6.13. The van der Waals surface area contributed by atoms with Crippen LogP contribution in [0.5, 0.6) is 0 Å². The zero-order chi connectivity index (χ0) is 16.4. The molecule has 5 nitrogen and oxygen atoms in total. The van der Waals surface area contributed by atoms with E-state index in [1.54, 1.807) is 4.90 Å². The quantitative estimate of drug-likeness (QED) is 0.831. The van der Waals surface area contributed by atoms with Crippen LogP contribution in [0.3, 0.4) is 0 Å². The Balaban J connectivity index is 1.47. The van der Waals surface area contributed by atoms with Gasteiger partial charge in [-0.2, -0.15) is 0 Å². The topological polar surface area (TPSA) is 61.8 Å². The average Bonchev–Trinajstić information content (AvgIpc) is 3.17. The van der Waals surface area contributed by atoms with Gasteiger partial charge >= 0.3 is 0 Å². The highest BCUT2D eigenvalue weighted by Gasteiger charge is 2.42. The molecule has 0 unspecified atom stereocenters. The lowest BCUT2D eigenvalue weighted by molar-refractivity contribution is -0.121. The highest BCUT2D eigenvalue weighted by molar-refractivity contribution is 7.10. The van der Waals surface area contributed by atoms with Crippen molar-refractivity contribution < 1.29 is 23.4 Å². The molecular weight excluding hydrogens is 326 g/mol. The Bertz CT molecular complexity index is 541. The van der Waals surface area contributed by atoms with Gasteiger partial charge in [0, 0.05) is 24.4 Å². The van der Waals surface area contributed by atoms with Crippen LogP contribution in [0.25, 0.3) is 0 Å². The van der Waals surface area contributed by atoms with Gasteiger partial charge in [0.15, 0.2) is 0 Å². The van der Waals surface area contributed by atoms with Crippen molar-refractivity contribution in [3.8, 4) is 0 Å². The third kappa shape index (κ3) is 4.26. The summed E-state index contributed by atoms with van der Waals surface area (Å²) in [6.07, 6.45) is -1.31. The van der Waals surface area contributed by atoms with E-state index in [9.17, 15) is 18.7 Å². The second-order valence-corrected chi connectivity index (χ2v) is 7.17. The Labute approximate surface area is 137 Å². The maximum absolute atomic E-state index is 13.2. The van der Waals surface area contributed by atoms with Crippen LogP contribution < -0.4 is 5.32 Å². The standard InChI is InChI=1S/C15H20F2N2O3S/c16-15(17)3-4-19(9-15)7-12-14(21)11(8-22-12)18-13(20)6-10-2-1-5-23-10/h1-2,5,11-12,14,21H,3-4,6-9H2,(H,18,20)/t11-,12-,14+/m0/s1. The van der Waals surface area contributed by atoms with Crippen molar-refractivity contribution in [2.75, 3.05) is 26.2 Å². The molecule has 3 atom stereocenters. The number of rotatable bonds is 5. The summed E-state index contributed by atoms with van der Waals surface area (Å²) in [4.78, 5) is 14.5. The van der Waals surface area contributed by atoms with Crippen molar-refractivity contribution in [3.63, 3.8) is 0 Å². The van der Waals surface area contributed by atoms with E-state index in [0.717, 1.165) is 4.88 Å². The molecule has 1 aromatic heterocycles. The summed E-state index contributed by atoms with van der Waals surface area (Å²) in [7, 11) is 0. The van der Waals surface area contributed by atoms with Gasteiger partial charge in [0.1, 0.15) is 6.10 Å². The molecule has 23 heavy (non-hydrogen) atoms. The fraction of sp³-hybridized carbons (Fsp3) is 0.667. The molecule has 0 aliphatic carbocycles. The molecule has 0 spiro atoms. The highest BCUT2D eigenvalue weighted by atomic mass is 32.1. The molecular formula is C15H20F2N2O3S. The number of alkyl halides is 2. The van der Waals surface area contributed by atoms with E-state index in [2.05, 4.69) is 5.32 Å². The summed E-state index contributed by atoms with van der Waals surface area (Å²) in [5.74, 6) is -2.83. The van der Waals surface area contributed by atoms with Gasteiger partial charge in [0.2, 0.25) is 5.91 Å². The SMILES string of the molecule is O=C(Cc1cccs1)N[C@H]1CO[C@@H](CN2CCC(F)(F)C2)[C@@H]1O. The number of thiophene rings is 1. The highest BCUT2D eigenvalue weighted by Crippen LogP contribution is 2.28. The minimum atomic E-state index is -2.65. The fourth-order valence-electron chi connectivity index (χ4n) is 3.02. The first-order valence-electron chi connectivity index (χ1n) is 7.64. The zero-order valence-electron chi connectivity index (χ0n) is 12.6. The number of halogens is 2. The van der Waals surface area contributed by atoms with Crippen molar-refractivity contribution >= 4 is 17.2 Å². The summed E-state index contributed by atoms with van der Waals surface area (Å²) in [5, 5.41) is 14.9. The van der Waals surface area contributed by atoms with Gasteiger partial charge < -0.3 is 15.2 Å². The van der Waals surface area contributed by atoms with Crippen molar-refractivity contribution in [1.82, 2.24) is 10.2 Å². The number of hydrogen-bond donors (Lipinski definition) is 2. The minimum Gasteiger partial charge on any atom is -0.388 e. The third-order valence-corrected chi connectivity index (χ3v) is 5.11. The molecule has 2 aliphatic heterocycles. The summed E-state index contributed by atoms with van der Waals surface area (Å²) < 4.78 is 31.9. The third-order valence-electron chi connectivity index (χ3n) is 4.23. The first kappa shape index (κ1) is 16.8. The first-order valence-corrected chi connectivity index (χ1v) is 8.52. The van der Waals surface area contributed by atoms with Gasteiger partial charge in [-0.1, -0.05) is 6.07 Å². The number of nitrogens with one attached hydrogen (secondary N) is 1. The molecule has 2 N–H and O–H groups in total. The summed E-state index contributed by atoms with van der Waals surface area (Å²) >= 11 is 1.50. The summed E-state index contributed by atoms with van der Waals surface area (Å²) in [5.41, 5.74) is 0. The van der Waals surface area contributed by atoms with Crippen LogP contribution in [0.4, 0.5) is 8.78 Å². The van der Waals surface area contributed by atoms with Crippen LogP contribution in [0.2, 0.25) is 0 Å². The lowest BCUT2D eigenvalue weighted by atomic mass is 10.1. The van der Waals surface area contributed by atoms with Crippen LogP contribution in [-0.2, 0) is 16.0 Å². The van der Waals surface area contributed by atoms with E-state index in [1.165, 1.54) is 11.3 Å². The minimum absolute atomic E-state index is 0.156. The van der Waals surface area contributed by atoms with Gasteiger partial charge in [0.05, 0.1) is 31.7 Å². The number of carbonyl (C=O) groups is 1. The molecule has 8 heteroatoms. The molecule has 0 radical (unpaired) electrons. The maximum atomic E-state index is 13.2. The van der Waals surface area contributed by atoms with Crippen LogP contribution in [0.15, 0.2) is 17.5 Å². The Morgan fingerprint density at radius 3 is 3.04 bits per heavy atom. The smallest absolute Gasteiger partial charge is 0.261 e. The molecule has 3 rings (SSSR count). The Kier molecular flexibility index (Phi) is 4.96.